The van der Waals surface area contributed by atoms with Gasteiger partial charge in [0.15, 0.2) is 0 Å². The molecule has 0 spiro atoms. The fourth-order valence-electron chi connectivity index (χ4n) is 8.91. The Bertz CT molecular complexity index is 3360. The summed E-state index contributed by atoms with van der Waals surface area (Å²) in [5, 5.41) is 12.3. The van der Waals surface area contributed by atoms with E-state index in [4.69, 9.17) is 14.1 Å². The minimum Gasteiger partial charge on any atom is -0.507 e. The van der Waals surface area contributed by atoms with Crippen LogP contribution in [0.4, 0.5) is 0 Å². The first-order valence-electron chi connectivity index (χ1n) is 23.2. The molecule has 65 heavy (non-hydrogen) atoms. The smallest absolute Gasteiger partial charge is 0.148 e. The topological polar surface area (TPSA) is 50.9 Å². The van der Waals surface area contributed by atoms with Crippen molar-refractivity contribution in [2.45, 2.75) is 39.5 Å². The molecule has 0 aliphatic carbocycles. The molecule has 2 aromatic heterocycles. The summed E-state index contributed by atoms with van der Waals surface area (Å²) in [6.45, 7) is 3.83. The zero-order chi connectivity index (χ0) is 46.3. The predicted molar refractivity (Wildman–Crippen MR) is 265 cm³/mol. The van der Waals surface area contributed by atoms with Crippen LogP contribution in [0.25, 0.3) is 83.9 Å². The van der Waals surface area contributed by atoms with Crippen LogP contribution in [0.1, 0.15) is 47.1 Å². The number of benzene rings is 8. The quantitative estimate of drug-likeness (QED) is 0.147. The van der Waals surface area contributed by atoms with Gasteiger partial charge in [-0.05, 0) is 69.0 Å². The van der Waals surface area contributed by atoms with E-state index >= 15 is 0 Å². The number of para-hydroxylation sites is 3. The second kappa shape index (κ2) is 18.2. The first-order valence-corrected chi connectivity index (χ1v) is 21.7. The first-order chi connectivity index (χ1) is 32.4. The Morgan fingerprint density at radius 2 is 1.17 bits per heavy atom. The summed E-state index contributed by atoms with van der Waals surface area (Å²) in [5.41, 5.74) is 14.3. The van der Waals surface area contributed by atoms with Gasteiger partial charge >= 0.3 is 0 Å². The van der Waals surface area contributed by atoms with Gasteiger partial charge in [-0.25, -0.2) is 4.98 Å². The van der Waals surface area contributed by atoms with E-state index in [9.17, 15) is 5.11 Å². The summed E-state index contributed by atoms with van der Waals surface area (Å²) in [6.07, 6.45) is 2.54. The molecular formula is C60H48N3OPt-. The summed E-state index contributed by atoms with van der Waals surface area (Å²) in [4.78, 5) is 10.3. The van der Waals surface area contributed by atoms with Gasteiger partial charge in [0.05, 0.1) is 22.3 Å². The van der Waals surface area contributed by atoms with Crippen molar-refractivity contribution in [2.24, 2.45) is 0 Å². The third-order valence-corrected chi connectivity index (χ3v) is 12.0. The molecule has 1 N–H and O–H groups in total. The molecule has 4 nitrogen and oxygen atoms in total. The van der Waals surface area contributed by atoms with Gasteiger partial charge < -0.3 is 5.11 Å². The SMILES string of the molecule is [2H]C([2H])([2H])c1cc(-c2cc(-c3ccccc3Cc3ccccc3)ccn2)[c-]c(-c2cccc3c2nc(-c2cccc(C(C)(C)C)c2O)n3-c2c(-c3ccccc3)cccc2-c2ccccc2)c1.[Pt]. The van der Waals surface area contributed by atoms with Crippen LogP contribution < -0.4 is 0 Å². The molecule has 0 radical (unpaired) electrons. The van der Waals surface area contributed by atoms with E-state index in [-0.39, 0.29) is 37.8 Å². The van der Waals surface area contributed by atoms with Gasteiger partial charge in [-0.2, -0.15) is 0 Å². The predicted octanol–water partition coefficient (Wildman–Crippen LogP) is 15.1. The van der Waals surface area contributed by atoms with Crippen LogP contribution in [-0.2, 0) is 32.9 Å². The zero-order valence-corrected chi connectivity index (χ0v) is 38.6. The molecular weight excluding hydrogens is 974 g/mol. The largest absolute Gasteiger partial charge is 0.507 e. The van der Waals surface area contributed by atoms with E-state index in [1.807, 2.05) is 97.1 Å². The maximum atomic E-state index is 12.3. The first kappa shape index (κ1) is 39.5. The van der Waals surface area contributed by atoms with E-state index in [1.165, 1.54) is 11.1 Å². The summed E-state index contributed by atoms with van der Waals surface area (Å²) in [6, 6.07) is 68.6. The number of nitrogens with zero attached hydrogens (tertiary/aromatic N) is 3. The van der Waals surface area contributed by atoms with Gasteiger partial charge in [0.25, 0.3) is 0 Å². The molecule has 0 unspecified atom stereocenters. The molecule has 0 aliphatic rings. The minimum absolute atomic E-state index is 0. The molecule has 10 aromatic rings. The number of fused-ring (bicyclic) bond motifs is 1. The molecule has 2 heterocycles. The number of aromatic nitrogens is 3. The van der Waals surface area contributed by atoms with E-state index in [2.05, 4.69) is 116 Å². The van der Waals surface area contributed by atoms with Crippen LogP contribution >= 0.6 is 0 Å². The van der Waals surface area contributed by atoms with Crippen LogP contribution in [0.3, 0.4) is 0 Å². The van der Waals surface area contributed by atoms with Crippen molar-refractivity contribution in [3.63, 3.8) is 0 Å². The van der Waals surface area contributed by atoms with Crippen molar-refractivity contribution in [1.82, 2.24) is 14.5 Å². The Hall–Kier alpha value is -7.13. The summed E-state index contributed by atoms with van der Waals surface area (Å²) < 4.78 is 28.2. The number of aryl methyl sites for hydroxylation is 1. The summed E-state index contributed by atoms with van der Waals surface area (Å²) in [5.74, 6) is 0.698. The Labute approximate surface area is 400 Å². The van der Waals surface area contributed by atoms with Crippen molar-refractivity contribution >= 4 is 11.0 Å². The Balaban J connectivity index is 0.00000578. The second-order valence-electron chi connectivity index (χ2n) is 17.3. The molecule has 0 saturated heterocycles. The summed E-state index contributed by atoms with van der Waals surface area (Å²) in [7, 11) is 0. The van der Waals surface area contributed by atoms with Crippen LogP contribution in [0.5, 0.6) is 5.75 Å². The Morgan fingerprint density at radius 3 is 1.86 bits per heavy atom. The van der Waals surface area contributed by atoms with Gasteiger partial charge in [-0.15, -0.1) is 29.3 Å². The molecule has 0 amide bonds. The molecule has 320 valence electrons. The number of pyridine rings is 1. The van der Waals surface area contributed by atoms with Crippen LogP contribution in [0.2, 0.25) is 0 Å². The maximum Gasteiger partial charge on any atom is 0.148 e. The monoisotopic (exact) mass is 1020 g/mol. The number of hydrogen-bond donors (Lipinski definition) is 1. The number of aromatic hydroxyl groups is 1. The van der Waals surface area contributed by atoms with E-state index < -0.39 is 6.85 Å². The van der Waals surface area contributed by atoms with Crippen molar-refractivity contribution in [3.8, 4) is 78.6 Å². The number of phenols is 1. The zero-order valence-electron chi connectivity index (χ0n) is 39.4. The van der Waals surface area contributed by atoms with Crippen molar-refractivity contribution in [2.75, 3.05) is 0 Å². The Kier molecular flexibility index (Phi) is 11.0. The van der Waals surface area contributed by atoms with Crippen LogP contribution in [-0.4, -0.2) is 19.6 Å². The third kappa shape index (κ3) is 8.51. The van der Waals surface area contributed by atoms with Crippen molar-refractivity contribution < 1.29 is 30.3 Å². The molecule has 0 aliphatic heterocycles. The number of phenolic OH excluding ortho intramolecular Hbond substituents is 1. The second-order valence-corrected chi connectivity index (χ2v) is 17.3. The number of rotatable bonds is 9. The third-order valence-electron chi connectivity index (χ3n) is 12.0. The van der Waals surface area contributed by atoms with E-state index in [0.717, 1.165) is 56.6 Å². The number of hydrogen-bond acceptors (Lipinski definition) is 3. The minimum atomic E-state index is -2.44. The average Bonchev–Trinajstić information content (AvgIpc) is 3.73. The Morgan fingerprint density at radius 1 is 0.585 bits per heavy atom. The van der Waals surface area contributed by atoms with Gasteiger partial charge in [0, 0.05) is 48.2 Å². The molecule has 10 rings (SSSR count). The summed E-state index contributed by atoms with van der Waals surface area (Å²) >= 11 is 0. The van der Waals surface area contributed by atoms with Crippen LogP contribution in [0.15, 0.2) is 200 Å². The fraction of sp³-hybridized carbons (Fsp3) is 0.100. The molecule has 8 aromatic carbocycles. The van der Waals surface area contributed by atoms with Crippen molar-refractivity contribution in [1.29, 1.82) is 0 Å². The average molecular weight is 1030 g/mol. The van der Waals surface area contributed by atoms with Crippen molar-refractivity contribution in [3.05, 3.63) is 229 Å². The molecule has 5 heteroatoms. The van der Waals surface area contributed by atoms with Gasteiger partial charge in [0.1, 0.15) is 11.6 Å². The maximum absolute atomic E-state index is 12.3. The standard InChI is InChI=1S/C60H48N3O.Pt/c1-40-35-46(38-47(36-40)54-39-45(33-34-61-54)48-26-15-14-25-44(48)37-41-19-8-5-9-20-41)49-27-18-32-55-56(49)62-59(52-30-17-31-53(58(52)64)60(2,3)4)63(55)57-50(42-21-10-6-11-22-42)28-16-29-51(57)43-23-12-7-13-24-43;/h5-36,39,64H,37H2,1-4H3;/q-1;/i1D3;. The van der Waals surface area contributed by atoms with Gasteiger partial charge in [-0.3, -0.25) is 9.55 Å². The molecule has 0 fully saturated rings. The molecule has 0 saturated carbocycles. The molecule has 0 bridgehead atoms. The van der Waals surface area contributed by atoms with Crippen LogP contribution in [0, 0.1) is 12.9 Å². The number of imidazole rings is 1. The van der Waals surface area contributed by atoms with Gasteiger partial charge in [-0.1, -0.05) is 203 Å². The normalized spacial score (nSPS) is 12.3. The molecule has 0 atom stereocenters. The van der Waals surface area contributed by atoms with E-state index in [0.29, 0.717) is 39.3 Å². The van der Waals surface area contributed by atoms with Gasteiger partial charge in [0.2, 0.25) is 0 Å². The van der Waals surface area contributed by atoms with E-state index in [1.54, 1.807) is 18.3 Å². The fourth-order valence-corrected chi connectivity index (χ4v) is 8.91.